The minimum absolute atomic E-state index is 0.126. The lowest BCUT2D eigenvalue weighted by atomic mass is 10.1. The van der Waals surface area contributed by atoms with Crippen LogP contribution in [0.2, 0.25) is 0 Å². The van der Waals surface area contributed by atoms with Crippen molar-refractivity contribution in [2.75, 3.05) is 31.0 Å². The number of nitrogens with one attached hydrogen (secondary N) is 2. The Hall–Kier alpha value is -2.98. The van der Waals surface area contributed by atoms with E-state index in [0.29, 0.717) is 10.6 Å². The molecule has 0 atom stereocenters. The van der Waals surface area contributed by atoms with Crippen LogP contribution in [0.5, 0.6) is 0 Å². The van der Waals surface area contributed by atoms with Gasteiger partial charge < -0.3 is 24.8 Å². The summed E-state index contributed by atoms with van der Waals surface area (Å²) in [6.45, 7) is 5.78. The monoisotopic (exact) mass is 464 g/mol. The maximum atomic E-state index is 12.3. The Kier molecular flexibility index (Phi) is 8.95. The Morgan fingerprint density at radius 1 is 0.935 bits per heavy atom. The van der Waals surface area contributed by atoms with E-state index < -0.39 is 17.9 Å². The van der Waals surface area contributed by atoms with E-state index in [4.69, 9.17) is 26.4 Å². The second-order valence-electron chi connectivity index (χ2n) is 6.08. The molecule has 1 aromatic carbocycles. The Balaban J connectivity index is 2.33. The molecule has 0 spiro atoms. The highest BCUT2D eigenvalue weighted by molar-refractivity contribution is 7.80. The first kappa shape index (κ1) is 24.3. The normalized spacial score (nSPS) is 10.2. The second-order valence-corrected chi connectivity index (χ2v) is 7.63. The number of methoxy groups -OCH3 is 1. The molecule has 0 bridgehead atoms. The van der Waals surface area contributed by atoms with Gasteiger partial charge in [0, 0.05) is 4.88 Å². The molecule has 0 aliphatic heterocycles. The Bertz CT molecular complexity index is 986. The van der Waals surface area contributed by atoms with Crippen molar-refractivity contribution in [3.8, 4) is 0 Å². The number of carbonyl (C=O) groups excluding carboxylic acids is 3. The standard InChI is InChI=1S/C21H24N2O6S2/c1-5-13-11-15(19(25)27-4)17(31-13)23-21(30)22-16-10-12(18(24)28-6-2)8-9-14(16)20(26)29-7-3/h8-11H,5-7H2,1-4H3,(H2,22,23,30). The van der Waals surface area contributed by atoms with Gasteiger partial charge in [0.05, 0.1) is 42.7 Å². The lowest BCUT2D eigenvalue weighted by Gasteiger charge is -2.14. The number of thiophene rings is 1. The summed E-state index contributed by atoms with van der Waals surface area (Å²) in [5, 5.41) is 6.52. The van der Waals surface area contributed by atoms with Gasteiger partial charge in [-0.2, -0.15) is 0 Å². The third kappa shape index (κ3) is 6.25. The molecule has 31 heavy (non-hydrogen) atoms. The Morgan fingerprint density at radius 2 is 1.61 bits per heavy atom. The molecule has 0 fully saturated rings. The quantitative estimate of drug-likeness (QED) is 0.337. The molecule has 0 aliphatic carbocycles. The van der Waals surface area contributed by atoms with Crippen LogP contribution in [0.4, 0.5) is 10.7 Å². The SMILES string of the molecule is CCOC(=O)c1ccc(C(=O)OCC)c(NC(=S)Nc2sc(CC)cc2C(=O)OC)c1. The van der Waals surface area contributed by atoms with Crippen molar-refractivity contribution in [3.05, 3.63) is 45.8 Å². The summed E-state index contributed by atoms with van der Waals surface area (Å²) < 4.78 is 14.9. The summed E-state index contributed by atoms with van der Waals surface area (Å²) in [6, 6.07) is 6.15. The molecule has 0 aliphatic rings. The number of ether oxygens (including phenoxy) is 3. The maximum absolute atomic E-state index is 12.3. The fourth-order valence-electron chi connectivity index (χ4n) is 2.60. The summed E-state index contributed by atoms with van der Waals surface area (Å²) in [5.41, 5.74) is 1.08. The molecule has 0 unspecified atom stereocenters. The lowest BCUT2D eigenvalue weighted by Crippen LogP contribution is -2.22. The van der Waals surface area contributed by atoms with Crippen molar-refractivity contribution in [2.45, 2.75) is 27.2 Å². The van der Waals surface area contributed by atoms with Gasteiger partial charge in [-0.1, -0.05) is 6.92 Å². The maximum Gasteiger partial charge on any atom is 0.340 e. The van der Waals surface area contributed by atoms with E-state index in [-0.39, 0.29) is 35.1 Å². The van der Waals surface area contributed by atoms with Gasteiger partial charge in [-0.05, 0) is 56.8 Å². The molecule has 10 heteroatoms. The van der Waals surface area contributed by atoms with Crippen LogP contribution in [0.3, 0.4) is 0 Å². The van der Waals surface area contributed by atoms with Gasteiger partial charge in [-0.15, -0.1) is 11.3 Å². The molecular formula is C21H24N2O6S2. The first-order valence-electron chi connectivity index (χ1n) is 9.61. The molecule has 2 N–H and O–H groups in total. The highest BCUT2D eigenvalue weighted by Crippen LogP contribution is 2.30. The van der Waals surface area contributed by atoms with Crippen LogP contribution in [0.1, 0.15) is 56.7 Å². The summed E-state index contributed by atoms with van der Waals surface area (Å²) in [6.07, 6.45) is 0.741. The van der Waals surface area contributed by atoms with Crippen LogP contribution in [0.25, 0.3) is 0 Å². The molecule has 0 radical (unpaired) electrons. The van der Waals surface area contributed by atoms with Crippen molar-refractivity contribution >= 4 is 57.3 Å². The molecule has 2 rings (SSSR count). The molecule has 8 nitrogen and oxygen atoms in total. The van der Waals surface area contributed by atoms with Gasteiger partial charge in [-0.25, -0.2) is 14.4 Å². The number of esters is 3. The van der Waals surface area contributed by atoms with Crippen LogP contribution in [0, 0.1) is 0 Å². The van der Waals surface area contributed by atoms with E-state index in [9.17, 15) is 14.4 Å². The minimum atomic E-state index is -0.567. The molecule has 1 aromatic heterocycles. The summed E-state index contributed by atoms with van der Waals surface area (Å²) in [5.74, 6) is -1.58. The predicted molar refractivity (Wildman–Crippen MR) is 123 cm³/mol. The van der Waals surface area contributed by atoms with Crippen LogP contribution in [-0.4, -0.2) is 43.3 Å². The first-order valence-corrected chi connectivity index (χ1v) is 10.8. The van der Waals surface area contributed by atoms with E-state index in [1.165, 1.54) is 36.6 Å². The molecule has 0 saturated carbocycles. The number of rotatable bonds is 8. The van der Waals surface area contributed by atoms with Gasteiger partial charge in [0.2, 0.25) is 0 Å². The Morgan fingerprint density at radius 3 is 2.23 bits per heavy atom. The van der Waals surface area contributed by atoms with Gasteiger partial charge >= 0.3 is 17.9 Å². The van der Waals surface area contributed by atoms with Crippen molar-refractivity contribution in [3.63, 3.8) is 0 Å². The fraction of sp³-hybridized carbons (Fsp3) is 0.333. The van der Waals surface area contributed by atoms with Crippen LogP contribution < -0.4 is 10.6 Å². The van der Waals surface area contributed by atoms with Gasteiger partial charge in [0.25, 0.3) is 0 Å². The van der Waals surface area contributed by atoms with E-state index in [1.54, 1.807) is 19.9 Å². The van der Waals surface area contributed by atoms with Crippen LogP contribution in [0.15, 0.2) is 24.3 Å². The number of anilines is 2. The van der Waals surface area contributed by atoms with E-state index in [0.717, 1.165) is 11.3 Å². The van der Waals surface area contributed by atoms with Gasteiger partial charge in [0.1, 0.15) is 5.00 Å². The number of hydrogen-bond acceptors (Lipinski definition) is 8. The summed E-state index contributed by atoms with van der Waals surface area (Å²) in [4.78, 5) is 37.5. The number of hydrogen-bond donors (Lipinski definition) is 2. The van der Waals surface area contributed by atoms with Crippen molar-refractivity contribution in [1.82, 2.24) is 0 Å². The highest BCUT2D eigenvalue weighted by atomic mass is 32.1. The van der Waals surface area contributed by atoms with Gasteiger partial charge in [-0.3, -0.25) is 0 Å². The number of thiocarbonyl (C=S) groups is 1. The third-order valence-electron chi connectivity index (χ3n) is 4.04. The van der Waals surface area contributed by atoms with E-state index >= 15 is 0 Å². The van der Waals surface area contributed by atoms with Gasteiger partial charge in [0.15, 0.2) is 5.11 Å². The van der Waals surface area contributed by atoms with Crippen molar-refractivity contribution < 1.29 is 28.6 Å². The predicted octanol–water partition coefficient (Wildman–Crippen LogP) is 4.26. The Labute approximate surface area is 189 Å². The first-order chi connectivity index (χ1) is 14.8. The second kappa shape index (κ2) is 11.4. The van der Waals surface area contributed by atoms with E-state index in [1.807, 2.05) is 6.92 Å². The third-order valence-corrected chi connectivity index (χ3v) is 5.44. The molecule has 0 amide bonds. The topological polar surface area (TPSA) is 103 Å². The van der Waals surface area contributed by atoms with E-state index in [2.05, 4.69) is 10.6 Å². The zero-order valence-electron chi connectivity index (χ0n) is 17.7. The highest BCUT2D eigenvalue weighted by Gasteiger charge is 2.20. The largest absolute Gasteiger partial charge is 0.465 e. The average molecular weight is 465 g/mol. The lowest BCUT2D eigenvalue weighted by molar-refractivity contribution is 0.0512. The average Bonchev–Trinajstić information content (AvgIpc) is 3.16. The number of benzene rings is 1. The van der Waals surface area contributed by atoms with Crippen molar-refractivity contribution in [2.24, 2.45) is 0 Å². The molecule has 1 heterocycles. The zero-order chi connectivity index (χ0) is 23.0. The zero-order valence-corrected chi connectivity index (χ0v) is 19.3. The number of carbonyl (C=O) groups is 3. The van der Waals surface area contributed by atoms with Crippen molar-refractivity contribution in [1.29, 1.82) is 0 Å². The molecular weight excluding hydrogens is 440 g/mol. The minimum Gasteiger partial charge on any atom is -0.465 e. The molecule has 0 saturated heterocycles. The molecule has 2 aromatic rings. The summed E-state index contributed by atoms with van der Waals surface area (Å²) >= 11 is 6.75. The smallest absolute Gasteiger partial charge is 0.340 e. The van der Waals surface area contributed by atoms with Crippen LogP contribution in [-0.2, 0) is 20.6 Å². The fourth-order valence-corrected chi connectivity index (χ4v) is 3.87. The summed E-state index contributed by atoms with van der Waals surface area (Å²) in [7, 11) is 1.30. The van der Waals surface area contributed by atoms with Crippen LogP contribution >= 0.6 is 23.6 Å². The number of aryl methyl sites for hydroxylation is 1. The molecule has 166 valence electrons.